The van der Waals surface area contributed by atoms with Crippen LogP contribution in [0.3, 0.4) is 0 Å². The molecule has 0 spiro atoms. The maximum atomic E-state index is 13.6. The van der Waals surface area contributed by atoms with Gasteiger partial charge < -0.3 is 10.1 Å². The Balaban J connectivity index is 2.17. The highest BCUT2D eigenvalue weighted by molar-refractivity contribution is 5.38. The Morgan fingerprint density at radius 1 is 1.50 bits per heavy atom. The van der Waals surface area contributed by atoms with E-state index in [4.69, 9.17) is 4.74 Å². The molecule has 1 N–H and O–H groups in total. The minimum absolute atomic E-state index is 0.166. The third-order valence-electron chi connectivity index (χ3n) is 3.26. The van der Waals surface area contributed by atoms with Crippen molar-refractivity contribution in [1.29, 1.82) is 0 Å². The Bertz CT molecular complexity index is 372. The van der Waals surface area contributed by atoms with Crippen molar-refractivity contribution >= 4 is 0 Å². The summed E-state index contributed by atoms with van der Waals surface area (Å²) in [6.07, 6.45) is 2.11. The quantitative estimate of drug-likeness (QED) is 0.849. The second kappa shape index (κ2) is 4.83. The molecule has 0 bridgehead atoms. The van der Waals surface area contributed by atoms with Gasteiger partial charge in [0.15, 0.2) is 0 Å². The molecular formula is C13H18FNO. The van der Waals surface area contributed by atoms with Crippen LogP contribution >= 0.6 is 0 Å². The van der Waals surface area contributed by atoms with E-state index in [1.807, 2.05) is 6.07 Å². The lowest BCUT2D eigenvalue weighted by atomic mass is 9.97. The Hall–Kier alpha value is -1.09. The fourth-order valence-electron chi connectivity index (χ4n) is 2.26. The van der Waals surface area contributed by atoms with Gasteiger partial charge >= 0.3 is 0 Å². The molecular weight excluding hydrogens is 205 g/mol. The molecule has 1 aliphatic heterocycles. The van der Waals surface area contributed by atoms with Crippen LogP contribution in [-0.2, 0) is 6.42 Å². The molecule has 0 aromatic heterocycles. The summed E-state index contributed by atoms with van der Waals surface area (Å²) in [5.74, 6) is 1.12. The Morgan fingerprint density at radius 3 is 2.94 bits per heavy atom. The van der Waals surface area contributed by atoms with Crippen LogP contribution in [-0.4, -0.2) is 20.2 Å². The zero-order valence-corrected chi connectivity index (χ0v) is 9.85. The normalized spacial score (nSPS) is 20.1. The molecule has 1 aliphatic rings. The van der Waals surface area contributed by atoms with E-state index in [9.17, 15) is 4.39 Å². The molecule has 2 nitrogen and oxygen atoms in total. The van der Waals surface area contributed by atoms with Crippen molar-refractivity contribution in [2.45, 2.75) is 19.8 Å². The number of methoxy groups -OCH3 is 1. The molecule has 1 aromatic rings. The molecule has 1 fully saturated rings. The van der Waals surface area contributed by atoms with Crippen molar-refractivity contribution in [3.63, 3.8) is 0 Å². The third-order valence-corrected chi connectivity index (χ3v) is 3.26. The molecule has 1 saturated heterocycles. The van der Waals surface area contributed by atoms with Crippen LogP contribution < -0.4 is 10.1 Å². The van der Waals surface area contributed by atoms with Crippen LogP contribution in [0.1, 0.15) is 17.5 Å². The molecule has 3 heteroatoms. The van der Waals surface area contributed by atoms with Crippen LogP contribution in [0.5, 0.6) is 5.75 Å². The van der Waals surface area contributed by atoms with E-state index in [1.165, 1.54) is 6.42 Å². The van der Waals surface area contributed by atoms with Crippen LogP contribution in [0.4, 0.5) is 4.39 Å². The van der Waals surface area contributed by atoms with E-state index in [-0.39, 0.29) is 5.82 Å². The third kappa shape index (κ3) is 2.35. The fraction of sp³-hybridized carbons (Fsp3) is 0.538. The van der Waals surface area contributed by atoms with Gasteiger partial charge in [0.25, 0.3) is 0 Å². The van der Waals surface area contributed by atoms with Gasteiger partial charge in [-0.15, -0.1) is 0 Å². The number of ether oxygens (including phenoxy) is 1. The van der Waals surface area contributed by atoms with Gasteiger partial charge in [-0.2, -0.15) is 0 Å². The van der Waals surface area contributed by atoms with Gasteiger partial charge in [0.1, 0.15) is 11.6 Å². The summed E-state index contributed by atoms with van der Waals surface area (Å²) in [7, 11) is 1.59. The monoisotopic (exact) mass is 223 g/mol. The van der Waals surface area contributed by atoms with Crippen LogP contribution in [0.2, 0.25) is 0 Å². The predicted molar refractivity (Wildman–Crippen MR) is 62.4 cm³/mol. The fourth-order valence-corrected chi connectivity index (χ4v) is 2.26. The van der Waals surface area contributed by atoms with Crippen LogP contribution in [0.25, 0.3) is 0 Å². The highest BCUT2D eigenvalue weighted by Gasteiger charge is 2.16. The smallest absolute Gasteiger partial charge is 0.130 e. The van der Waals surface area contributed by atoms with Crippen molar-refractivity contribution in [3.8, 4) is 5.75 Å². The molecule has 0 amide bonds. The lowest BCUT2D eigenvalue weighted by Gasteiger charge is -2.12. The van der Waals surface area contributed by atoms with Crippen molar-refractivity contribution in [3.05, 3.63) is 29.1 Å². The number of rotatable bonds is 3. The number of benzene rings is 1. The SMILES string of the molecule is COc1cc(CC2CCNC2)cc(F)c1C. The van der Waals surface area contributed by atoms with Gasteiger partial charge in [-0.3, -0.25) is 0 Å². The van der Waals surface area contributed by atoms with Gasteiger partial charge in [0.05, 0.1) is 7.11 Å². The molecule has 1 aromatic carbocycles. The highest BCUT2D eigenvalue weighted by atomic mass is 19.1. The van der Waals surface area contributed by atoms with Crippen molar-refractivity contribution in [2.24, 2.45) is 5.92 Å². The molecule has 2 rings (SSSR count). The van der Waals surface area contributed by atoms with Crippen molar-refractivity contribution < 1.29 is 9.13 Å². The molecule has 1 atom stereocenters. The molecule has 16 heavy (non-hydrogen) atoms. The Labute approximate surface area is 95.8 Å². The lowest BCUT2D eigenvalue weighted by Crippen LogP contribution is -2.11. The molecule has 1 unspecified atom stereocenters. The second-order valence-electron chi connectivity index (χ2n) is 4.47. The van der Waals surface area contributed by atoms with E-state index < -0.39 is 0 Å². The van der Waals surface area contributed by atoms with Crippen molar-refractivity contribution in [1.82, 2.24) is 5.32 Å². The van der Waals surface area contributed by atoms with E-state index in [0.717, 1.165) is 25.1 Å². The summed E-state index contributed by atoms with van der Waals surface area (Å²) >= 11 is 0. The topological polar surface area (TPSA) is 21.3 Å². The average Bonchev–Trinajstić information content (AvgIpc) is 2.76. The second-order valence-corrected chi connectivity index (χ2v) is 4.47. The molecule has 0 radical (unpaired) electrons. The summed E-state index contributed by atoms with van der Waals surface area (Å²) in [6.45, 7) is 3.86. The molecule has 88 valence electrons. The first-order valence-electron chi connectivity index (χ1n) is 5.74. The van der Waals surface area contributed by atoms with E-state index in [0.29, 0.717) is 17.2 Å². The molecule has 0 aliphatic carbocycles. The van der Waals surface area contributed by atoms with Crippen LogP contribution in [0.15, 0.2) is 12.1 Å². The maximum absolute atomic E-state index is 13.6. The zero-order chi connectivity index (χ0) is 11.5. The first-order chi connectivity index (χ1) is 7.70. The van der Waals surface area contributed by atoms with E-state index in [1.54, 1.807) is 20.1 Å². The number of nitrogens with one attached hydrogen (secondary N) is 1. The van der Waals surface area contributed by atoms with E-state index >= 15 is 0 Å². The van der Waals surface area contributed by atoms with Gasteiger partial charge in [0.2, 0.25) is 0 Å². The minimum atomic E-state index is -0.166. The standard InChI is InChI=1S/C13H18FNO/c1-9-12(14)6-11(7-13(9)16-2)5-10-3-4-15-8-10/h6-7,10,15H,3-5,8H2,1-2H3. The lowest BCUT2D eigenvalue weighted by molar-refractivity contribution is 0.406. The van der Waals surface area contributed by atoms with E-state index in [2.05, 4.69) is 5.32 Å². The number of hydrogen-bond acceptors (Lipinski definition) is 2. The predicted octanol–water partition coefficient (Wildman–Crippen LogP) is 2.29. The van der Waals surface area contributed by atoms with Gasteiger partial charge in [0, 0.05) is 5.56 Å². The first kappa shape index (κ1) is 11.4. The van der Waals surface area contributed by atoms with Gasteiger partial charge in [-0.25, -0.2) is 4.39 Å². The summed E-state index contributed by atoms with van der Waals surface area (Å²) in [4.78, 5) is 0. The number of halogens is 1. The molecule has 0 saturated carbocycles. The highest BCUT2D eigenvalue weighted by Crippen LogP contribution is 2.25. The first-order valence-corrected chi connectivity index (χ1v) is 5.74. The Kier molecular flexibility index (Phi) is 3.44. The average molecular weight is 223 g/mol. The zero-order valence-electron chi connectivity index (χ0n) is 9.85. The molecule has 1 heterocycles. The van der Waals surface area contributed by atoms with Gasteiger partial charge in [-0.05, 0) is 56.5 Å². The maximum Gasteiger partial charge on any atom is 0.130 e. The minimum Gasteiger partial charge on any atom is -0.496 e. The largest absolute Gasteiger partial charge is 0.496 e. The Morgan fingerprint density at radius 2 is 2.31 bits per heavy atom. The van der Waals surface area contributed by atoms with Crippen molar-refractivity contribution in [2.75, 3.05) is 20.2 Å². The van der Waals surface area contributed by atoms with Crippen LogP contribution in [0, 0.1) is 18.7 Å². The summed E-state index contributed by atoms with van der Waals surface area (Å²) in [5.41, 5.74) is 1.63. The van der Waals surface area contributed by atoms with Gasteiger partial charge in [-0.1, -0.05) is 0 Å². The number of hydrogen-bond donors (Lipinski definition) is 1. The summed E-state index contributed by atoms with van der Waals surface area (Å²) < 4.78 is 18.8. The summed E-state index contributed by atoms with van der Waals surface area (Å²) in [5, 5.41) is 3.32. The summed E-state index contributed by atoms with van der Waals surface area (Å²) in [6, 6.07) is 3.59.